The molecular formula is C41H29N3. The largest absolute Gasteiger partial charge is 0.307 e. The number of rotatable bonds is 4. The summed E-state index contributed by atoms with van der Waals surface area (Å²) in [5.74, 6) is 1.35. The molecule has 1 atom stereocenters. The molecule has 3 heterocycles. The van der Waals surface area contributed by atoms with Gasteiger partial charge in [-0.1, -0.05) is 121 Å². The molecule has 3 nitrogen and oxygen atoms in total. The Kier molecular flexibility index (Phi) is 5.63. The number of hydrogen-bond acceptors (Lipinski definition) is 1. The Morgan fingerprint density at radius 3 is 1.89 bits per heavy atom. The van der Waals surface area contributed by atoms with Crippen LogP contribution in [-0.4, -0.2) is 14.1 Å². The van der Waals surface area contributed by atoms with Crippen LogP contribution in [0.25, 0.3) is 66.4 Å². The first-order valence-corrected chi connectivity index (χ1v) is 15.3. The first-order chi connectivity index (χ1) is 21.8. The Balaban J connectivity index is 1.31. The maximum absolute atomic E-state index is 5.32. The van der Waals surface area contributed by atoms with E-state index in [2.05, 4.69) is 167 Å². The maximum Gasteiger partial charge on any atom is 0.138 e. The smallest absolute Gasteiger partial charge is 0.138 e. The molecule has 0 N–H and O–H groups in total. The number of aromatic nitrogens is 3. The molecule has 0 spiro atoms. The van der Waals surface area contributed by atoms with Gasteiger partial charge in [0, 0.05) is 38.7 Å². The van der Waals surface area contributed by atoms with Gasteiger partial charge in [0.1, 0.15) is 5.82 Å². The summed E-state index contributed by atoms with van der Waals surface area (Å²) in [5, 5.41) is 4.93. The van der Waals surface area contributed by atoms with Gasteiger partial charge in [-0.15, -0.1) is 0 Å². The van der Waals surface area contributed by atoms with E-state index in [-0.39, 0.29) is 0 Å². The predicted octanol–water partition coefficient (Wildman–Crippen LogP) is 10.5. The molecule has 8 aromatic rings. The number of allylic oxidation sites excluding steroid dienone is 4. The Bertz CT molecular complexity index is 2400. The fourth-order valence-corrected chi connectivity index (χ4v) is 7.02. The van der Waals surface area contributed by atoms with E-state index in [1.165, 1.54) is 43.7 Å². The molecule has 0 bridgehead atoms. The van der Waals surface area contributed by atoms with E-state index in [1.807, 2.05) is 0 Å². The third kappa shape index (κ3) is 3.79. The molecule has 0 amide bonds. The predicted molar refractivity (Wildman–Crippen MR) is 184 cm³/mol. The Morgan fingerprint density at radius 1 is 0.523 bits per heavy atom. The molecule has 5 aromatic carbocycles. The van der Waals surface area contributed by atoms with Crippen LogP contribution in [0.2, 0.25) is 0 Å². The van der Waals surface area contributed by atoms with Gasteiger partial charge >= 0.3 is 0 Å². The highest BCUT2D eigenvalue weighted by Crippen LogP contribution is 2.41. The summed E-state index contributed by atoms with van der Waals surface area (Å²) in [7, 11) is 0. The molecule has 44 heavy (non-hydrogen) atoms. The van der Waals surface area contributed by atoms with Crippen LogP contribution < -0.4 is 0 Å². The van der Waals surface area contributed by atoms with Gasteiger partial charge < -0.3 is 4.57 Å². The van der Waals surface area contributed by atoms with Crippen molar-refractivity contribution < 1.29 is 0 Å². The van der Waals surface area contributed by atoms with Crippen molar-refractivity contribution in [1.29, 1.82) is 0 Å². The molecule has 0 saturated heterocycles. The van der Waals surface area contributed by atoms with Crippen LogP contribution in [0.1, 0.15) is 17.9 Å². The zero-order chi connectivity index (χ0) is 29.0. The summed E-state index contributed by atoms with van der Waals surface area (Å²) < 4.78 is 4.78. The van der Waals surface area contributed by atoms with Crippen LogP contribution in [0.3, 0.4) is 0 Å². The summed E-state index contributed by atoms with van der Waals surface area (Å²) in [5.41, 5.74) is 9.28. The van der Waals surface area contributed by atoms with Gasteiger partial charge in [-0.2, -0.15) is 0 Å². The second-order valence-corrected chi connectivity index (χ2v) is 11.6. The Morgan fingerprint density at radius 2 is 1.18 bits per heavy atom. The van der Waals surface area contributed by atoms with E-state index in [9.17, 15) is 0 Å². The lowest BCUT2D eigenvalue weighted by Gasteiger charge is -2.14. The van der Waals surface area contributed by atoms with Gasteiger partial charge in [0.05, 0.1) is 27.8 Å². The van der Waals surface area contributed by atoms with Crippen LogP contribution in [0.4, 0.5) is 0 Å². The molecule has 0 saturated carbocycles. The number of nitrogens with zero attached hydrogens (tertiary/aromatic N) is 3. The van der Waals surface area contributed by atoms with Gasteiger partial charge in [0.25, 0.3) is 0 Å². The fourth-order valence-electron chi connectivity index (χ4n) is 7.02. The van der Waals surface area contributed by atoms with Crippen molar-refractivity contribution in [2.24, 2.45) is 0 Å². The average molecular weight is 564 g/mol. The summed E-state index contributed by atoms with van der Waals surface area (Å²) in [6.07, 6.45) is 9.84. The van der Waals surface area contributed by atoms with Crippen molar-refractivity contribution in [3.05, 3.63) is 163 Å². The lowest BCUT2D eigenvalue weighted by Crippen LogP contribution is -2.01. The minimum Gasteiger partial charge on any atom is -0.307 e. The van der Waals surface area contributed by atoms with Crippen molar-refractivity contribution >= 4 is 43.6 Å². The van der Waals surface area contributed by atoms with Crippen molar-refractivity contribution in [2.75, 3.05) is 0 Å². The SMILES string of the molecule is C1=CCC(c2ccc(-c3cccc(-n4c5ccccc5c5ccc6c7ccccc7n(-c7ccccc7)c6c54)n3)cc2)C=C1. The molecule has 0 radical (unpaired) electrons. The summed E-state index contributed by atoms with van der Waals surface area (Å²) in [4.78, 5) is 5.32. The zero-order valence-electron chi connectivity index (χ0n) is 24.1. The van der Waals surface area contributed by atoms with Crippen LogP contribution in [-0.2, 0) is 0 Å². The lowest BCUT2D eigenvalue weighted by molar-refractivity contribution is 0.854. The highest BCUT2D eigenvalue weighted by molar-refractivity contribution is 6.23. The maximum atomic E-state index is 5.32. The molecule has 3 heteroatoms. The average Bonchev–Trinajstić information content (AvgIpc) is 3.62. The number of benzene rings is 5. The van der Waals surface area contributed by atoms with Crippen LogP contribution in [0.15, 0.2) is 158 Å². The van der Waals surface area contributed by atoms with E-state index in [1.54, 1.807) is 0 Å². The summed E-state index contributed by atoms with van der Waals surface area (Å²) >= 11 is 0. The van der Waals surface area contributed by atoms with Crippen LogP contribution in [0.5, 0.6) is 0 Å². The molecule has 1 unspecified atom stereocenters. The van der Waals surface area contributed by atoms with Crippen molar-refractivity contribution in [2.45, 2.75) is 12.3 Å². The van der Waals surface area contributed by atoms with E-state index in [4.69, 9.17) is 4.98 Å². The summed E-state index contributed by atoms with van der Waals surface area (Å²) in [6, 6.07) is 48.0. The van der Waals surface area contributed by atoms with Gasteiger partial charge in [0.2, 0.25) is 0 Å². The molecule has 1 aliphatic rings. The van der Waals surface area contributed by atoms with E-state index < -0.39 is 0 Å². The molecule has 9 rings (SSSR count). The molecule has 0 fully saturated rings. The monoisotopic (exact) mass is 563 g/mol. The number of para-hydroxylation sites is 3. The topological polar surface area (TPSA) is 22.8 Å². The van der Waals surface area contributed by atoms with Crippen LogP contribution >= 0.6 is 0 Å². The quantitative estimate of drug-likeness (QED) is 0.209. The van der Waals surface area contributed by atoms with Crippen molar-refractivity contribution in [3.8, 4) is 22.8 Å². The molecule has 0 aliphatic heterocycles. The minimum atomic E-state index is 0.435. The van der Waals surface area contributed by atoms with Gasteiger partial charge in [-0.25, -0.2) is 4.98 Å². The second-order valence-electron chi connectivity index (χ2n) is 11.6. The van der Waals surface area contributed by atoms with Gasteiger partial charge in [-0.3, -0.25) is 4.57 Å². The van der Waals surface area contributed by atoms with E-state index in [0.29, 0.717) is 5.92 Å². The second kappa shape index (κ2) is 9.96. The Labute approximate surface area is 255 Å². The number of pyridine rings is 1. The highest BCUT2D eigenvalue weighted by atomic mass is 15.1. The van der Waals surface area contributed by atoms with Crippen molar-refractivity contribution in [3.63, 3.8) is 0 Å². The van der Waals surface area contributed by atoms with Crippen LogP contribution in [0, 0.1) is 0 Å². The van der Waals surface area contributed by atoms with Gasteiger partial charge in [-0.05, 0) is 48.4 Å². The Hall–Kier alpha value is -5.67. The summed E-state index contributed by atoms with van der Waals surface area (Å²) in [6.45, 7) is 0. The van der Waals surface area contributed by atoms with E-state index in [0.717, 1.165) is 34.7 Å². The normalized spacial score (nSPS) is 14.8. The first kappa shape index (κ1) is 24.9. The minimum absolute atomic E-state index is 0.435. The molecule has 208 valence electrons. The first-order valence-electron chi connectivity index (χ1n) is 15.3. The highest BCUT2D eigenvalue weighted by Gasteiger charge is 2.21. The third-order valence-electron chi connectivity index (χ3n) is 9.06. The number of hydrogen-bond donors (Lipinski definition) is 0. The van der Waals surface area contributed by atoms with Crippen molar-refractivity contribution in [1.82, 2.24) is 14.1 Å². The molecule has 1 aliphatic carbocycles. The van der Waals surface area contributed by atoms with Gasteiger partial charge in [0.15, 0.2) is 0 Å². The molecular weight excluding hydrogens is 534 g/mol. The fraction of sp³-hybridized carbons (Fsp3) is 0.0488. The zero-order valence-corrected chi connectivity index (χ0v) is 24.1. The lowest BCUT2D eigenvalue weighted by atomic mass is 9.92. The number of fused-ring (bicyclic) bond motifs is 7. The van der Waals surface area contributed by atoms with E-state index >= 15 is 0 Å². The third-order valence-corrected chi connectivity index (χ3v) is 9.06. The molecule has 3 aromatic heterocycles. The standard InChI is InChI=1S/C41H29N3/c1-3-12-28(13-4-1)29-22-24-30(25-23-29)36-18-11-21-39(42-36)44-38-20-10-8-17-33(38)35-27-26-34-32-16-7-9-19-37(32)43(40(34)41(35)44)31-14-5-2-6-15-31/h1-12,14-28H,13H2.